The second-order valence-corrected chi connectivity index (χ2v) is 4.68. The van der Waals surface area contributed by atoms with Crippen LogP contribution in [0.1, 0.15) is 25.0 Å². The van der Waals surface area contributed by atoms with E-state index in [1.165, 1.54) is 19.2 Å². The normalized spacial score (nSPS) is 13.3. The van der Waals surface area contributed by atoms with Gasteiger partial charge >= 0.3 is 5.97 Å². The molecule has 2 N–H and O–H groups in total. The first-order valence-corrected chi connectivity index (χ1v) is 5.40. The van der Waals surface area contributed by atoms with Gasteiger partial charge in [0, 0.05) is 5.41 Å². The van der Waals surface area contributed by atoms with Crippen LogP contribution in [0.3, 0.4) is 0 Å². The Labute approximate surface area is 101 Å². The minimum Gasteiger partial charge on any atom is -0.468 e. The number of carbonyl (C=O) groups is 1. The number of esters is 1. The van der Waals surface area contributed by atoms with Crippen molar-refractivity contribution in [1.29, 1.82) is 0 Å². The first kappa shape index (κ1) is 13.6. The van der Waals surface area contributed by atoms with Gasteiger partial charge in [0.1, 0.15) is 11.9 Å². The fraction of sp³-hybridized carbons (Fsp3) is 0.462. The second kappa shape index (κ2) is 4.84. The highest BCUT2D eigenvalue weighted by molar-refractivity contribution is 5.77. The molecular formula is C13H18FNO2. The largest absolute Gasteiger partial charge is 0.468 e. The van der Waals surface area contributed by atoms with Crippen LogP contribution in [0.25, 0.3) is 0 Å². The van der Waals surface area contributed by atoms with Crippen molar-refractivity contribution in [3.05, 3.63) is 35.1 Å². The highest BCUT2D eigenvalue weighted by atomic mass is 19.1. The zero-order valence-electron chi connectivity index (χ0n) is 10.6. The lowest BCUT2D eigenvalue weighted by atomic mass is 9.76. The lowest BCUT2D eigenvalue weighted by Crippen LogP contribution is -2.47. The minimum atomic E-state index is -0.781. The Kier molecular flexibility index (Phi) is 3.88. The molecule has 0 spiro atoms. The fourth-order valence-corrected chi connectivity index (χ4v) is 1.94. The first-order valence-electron chi connectivity index (χ1n) is 5.40. The molecule has 3 nitrogen and oxygen atoms in total. The van der Waals surface area contributed by atoms with Crippen LogP contribution in [0.5, 0.6) is 0 Å². The van der Waals surface area contributed by atoms with Crippen molar-refractivity contribution in [3.63, 3.8) is 0 Å². The van der Waals surface area contributed by atoms with Crippen LogP contribution >= 0.6 is 0 Å². The van der Waals surface area contributed by atoms with Gasteiger partial charge in [-0.1, -0.05) is 19.9 Å². The Morgan fingerprint density at radius 1 is 1.47 bits per heavy atom. The Hall–Kier alpha value is -1.42. The topological polar surface area (TPSA) is 52.3 Å². The van der Waals surface area contributed by atoms with E-state index in [9.17, 15) is 9.18 Å². The standard InChI is InChI=1S/C13H18FNO2/c1-8-7-9(14)5-6-10(8)13(2,3)11(15)12(16)17-4/h5-7,11H,15H2,1-4H3. The van der Waals surface area contributed by atoms with Crippen LogP contribution in [0.4, 0.5) is 4.39 Å². The van der Waals surface area contributed by atoms with Gasteiger partial charge in [-0.25, -0.2) is 4.39 Å². The monoisotopic (exact) mass is 239 g/mol. The fourth-order valence-electron chi connectivity index (χ4n) is 1.94. The van der Waals surface area contributed by atoms with E-state index >= 15 is 0 Å². The van der Waals surface area contributed by atoms with Gasteiger partial charge in [-0.3, -0.25) is 4.79 Å². The van der Waals surface area contributed by atoms with E-state index in [-0.39, 0.29) is 5.82 Å². The van der Waals surface area contributed by atoms with E-state index in [0.29, 0.717) is 0 Å². The summed E-state index contributed by atoms with van der Waals surface area (Å²) in [6.45, 7) is 5.48. The Balaban J connectivity index is 3.16. The summed E-state index contributed by atoms with van der Waals surface area (Å²) in [5.41, 5.74) is 6.89. The van der Waals surface area contributed by atoms with Crippen LogP contribution < -0.4 is 5.73 Å². The van der Waals surface area contributed by atoms with Crippen molar-refractivity contribution in [1.82, 2.24) is 0 Å². The van der Waals surface area contributed by atoms with E-state index in [2.05, 4.69) is 4.74 Å². The SMILES string of the molecule is COC(=O)C(N)C(C)(C)c1ccc(F)cc1C. The molecule has 0 fully saturated rings. The number of methoxy groups -OCH3 is 1. The van der Waals surface area contributed by atoms with Gasteiger partial charge in [-0.05, 0) is 30.2 Å². The maximum atomic E-state index is 13.0. The Morgan fingerprint density at radius 2 is 2.06 bits per heavy atom. The summed E-state index contributed by atoms with van der Waals surface area (Å²) in [4.78, 5) is 11.5. The second-order valence-electron chi connectivity index (χ2n) is 4.68. The zero-order chi connectivity index (χ0) is 13.2. The minimum absolute atomic E-state index is 0.298. The van der Waals surface area contributed by atoms with E-state index in [1.54, 1.807) is 13.0 Å². The molecule has 1 unspecified atom stereocenters. The van der Waals surface area contributed by atoms with E-state index in [0.717, 1.165) is 11.1 Å². The maximum absolute atomic E-state index is 13.0. The number of ether oxygens (including phenoxy) is 1. The summed E-state index contributed by atoms with van der Waals surface area (Å²) in [5.74, 6) is -0.771. The molecule has 94 valence electrons. The molecule has 1 aromatic rings. The van der Waals surface area contributed by atoms with Crippen LogP contribution in [0.15, 0.2) is 18.2 Å². The van der Waals surface area contributed by atoms with Gasteiger partial charge in [-0.15, -0.1) is 0 Å². The summed E-state index contributed by atoms with van der Waals surface area (Å²) < 4.78 is 17.7. The molecule has 0 radical (unpaired) electrons. The number of hydrogen-bond donors (Lipinski definition) is 1. The van der Waals surface area contributed by atoms with Crippen molar-refractivity contribution in [2.24, 2.45) is 5.73 Å². The third-order valence-electron chi connectivity index (χ3n) is 3.12. The quantitative estimate of drug-likeness (QED) is 0.820. The number of hydrogen-bond acceptors (Lipinski definition) is 3. The van der Waals surface area contributed by atoms with Crippen LogP contribution in [-0.4, -0.2) is 19.1 Å². The number of carbonyl (C=O) groups excluding carboxylic acids is 1. The highest BCUT2D eigenvalue weighted by Crippen LogP contribution is 2.29. The van der Waals surface area contributed by atoms with Crippen molar-refractivity contribution < 1.29 is 13.9 Å². The average Bonchev–Trinajstić information content (AvgIpc) is 2.26. The average molecular weight is 239 g/mol. The Morgan fingerprint density at radius 3 is 2.53 bits per heavy atom. The van der Waals surface area contributed by atoms with Crippen molar-refractivity contribution in [3.8, 4) is 0 Å². The molecule has 0 saturated carbocycles. The number of benzene rings is 1. The predicted octanol–water partition coefficient (Wildman–Crippen LogP) is 1.91. The molecule has 1 aromatic carbocycles. The third kappa shape index (κ3) is 2.64. The molecule has 1 rings (SSSR count). The molecule has 0 heterocycles. The van der Waals surface area contributed by atoms with E-state index in [4.69, 9.17) is 5.73 Å². The summed E-state index contributed by atoms with van der Waals surface area (Å²) in [5, 5.41) is 0. The summed E-state index contributed by atoms with van der Waals surface area (Å²) >= 11 is 0. The van der Waals surface area contributed by atoms with E-state index < -0.39 is 17.4 Å². The summed E-state index contributed by atoms with van der Waals surface area (Å²) in [6, 6.07) is 3.68. The molecule has 0 bridgehead atoms. The smallest absolute Gasteiger partial charge is 0.323 e. The van der Waals surface area contributed by atoms with Crippen LogP contribution in [0, 0.1) is 12.7 Å². The summed E-state index contributed by atoms with van der Waals surface area (Å²) in [6.07, 6.45) is 0. The lowest BCUT2D eigenvalue weighted by Gasteiger charge is -2.31. The van der Waals surface area contributed by atoms with Crippen molar-refractivity contribution >= 4 is 5.97 Å². The number of aryl methyl sites for hydroxylation is 1. The molecule has 0 aliphatic carbocycles. The first-order chi connectivity index (χ1) is 7.80. The van der Waals surface area contributed by atoms with Gasteiger partial charge in [0.25, 0.3) is 0 Å². The van der Waals surface area contributed by atoms with Gasteiger partial charge in [-0.2, -0.15) is 0 Å². The molecular weight excluding hydrogens is 221 g/mol. The van der Waals surface area contributed by atoms with E-state index in [1.807, 2.05) is 13.8 Å². The molecule has 0 aliphatic heterocycles. The van der Waals surface area contributed by atoms with Gasteiger partial charge in [0.05, 0.1) is 7.11 Å². The molecule has 17 heavy (non-hydrogen) atoms. The zero-order valence-corrected chi connectivity index (χ0v) is 10.6. The number of halogens is 1. The van der Waals surface area contributed by atoms with Gasteiger partial charge in [0.15, 0.2) is 0 Å². The molecule has 4 heteroatoms. The molecule has 0 aromatic heterocycles. The maximum Gasteiger partial charge on any atom is 0.323 e. The molecule has 0 saturated heterocycles. The van der Waals surface area contributed by atoms with Gasteiger partial charge < -0.3 is 10.5 Å². The Bertz CT molecular complexity index is 429. The number of rotatable bonds is 3. The third-order valence-corrected chi connectivity index (χ3v) is 3.12. The van der Waals surface area contributed by atoms with Crippen molar-refractivity contribution in [2.45, 2.75) is 32.2 Å². The van der Waals surface area contributed by atoms with Crippen LogP contribution in [-0.2, 0) is 14.9 Å². The molecule has 0 aliphatic rings. The van der Waals surface area contributed by atoms with Gasteiger partial charge in [0.2, 0.25) is 0 Å². The molecule has 0 amide bonds. The van der Waals surface area contributed by atoms with Crippen molar-refractivity contribution in [2.75, 3.05) is 7.11 Å². The highest BCUT2D eigenvalue weighted by Gasteiger charge is 2.35. The summed E-state index contributed by atoms with van der Waals surface area (Å²) in [7, 11) is 1.30. The number of nitrogens with two attached hydrogens (primary N) is 1. The predicted molar refractivity (Wildman–Crippen MR) is 64.2 cm³/mol. The van der Waals surface area contributed by atoms with Crippen LogP contribution in [0.2, 0.25) is 0 Å². The lowest BCUT2D eigenvalue weighted by molar-refractivity contribution is -0.143. The molecule has 1 atom stereocenters.